The van der Waals surface area contributed by atoms with Crippen molar-refractivity contribution < 1.29 is 18.3 Å². The molecule has 1 aliphatic carbocycles. The highest BCUT2D eigenvalue weighted by atomic mass is 32.1. The molecule has 1 aromatic heterocycles. The van der Waals surface area contributed by atoms with Crippen molar-refractivity contribution in [2.45, 2.75) is 31.8 Å². The molecule has 3 rings (SSSR count). The van der Waals surface area contributed by atoms with E-state index in [2.05, 4.69) is 4.74 Å². The molecule has 1 aliphatic rings. The van der Waals surface area contributed by atoms with Gasteiger partial charge in [-0.3, -0.25) is 4.79 Å². The molecule has 2 nitrogen and oxygen atoms in total. The van der Waals surface area contributed by atoms with E-state index in [0.717, 1.165) is 24.8 Å². The average Bonchev–Trinajstić information content (AvgIpc) is 2.95. The molecular weight excluding hydrogens is 294 g/mol. The average molecular weight is 308 g/mol. The maximum Gasteiger partial charge on any atom is 0.387 e. The molecular formula is C16H14F2O2S. The number of hydrogen-bond donors (Lipinski definition) is 0. The number of thiophene rings is 1. The summed E-state index contributed by atoms with van der Waals surface area (Å²) in [4.78, 5) is 13.9. The van der Waals surface area contributed by atoms with Gasteiger partial charge in [-0.2, -0.15) is 8.78 Å². The number of hydrogen-bond acceptors (Lipinski definition) is 3. The summed E-state index contributed by atoms with van der Waals surface area (Å²) >= 11 is 1.70. The maximum atomic E-state index is 12.6. The minimum Gasteiger partial charge on any atom is -0.435 e. The lowest BCUT2D eigenvalue weighted by molar-refractivity contribution is -0.0498. The van der Waals surface area contributed by atoms with Crippen LogP contribution in [0.2, 0.25) is 0 Å². The quantitative estimate of drug-likeness (QED) is 0.768. The minimum absolute atomic E-state index is 0.0537. The first-order valence-electron chi connectivity index (χ1n) is 6.80. The fourth-order valence-corrected chi connectivity index (χ4v) is 3.75. The van der Waals surface area contributed by atoms with Gasteiger partial charge in [-0.15, -0.1) is 11.3 Å². The molecule has 5 heteroatoms. The van der Waals surface area contributed by atoms with Crippen LogP contribution in [-0.4, -0.2) is 12.4 Å². The molecule has 0 N–H and O–H groups in total. The lowest BCUT2D eigenvalue weighted by Crippen LogP contribution is -2.17. The Morgan fingerprint density at radius 1 is 1.24 bits per heavy atom. The zero-order chi connectivity index (χ0) is 14.8. The van der Waals surface area contributed by atoms with Crippen LogP contribution >= 0.6 is 11.3 Å². The summed E-state index contributed by atoms with van der Waals surface area (Å²) in [6, 6.07) is 7.96. The molecule has 1 atom stereocenters. The van der Waals surface area contributed by atoms with E-state index in [1.54, 1.807) is 23.5 Å². The number of aryl methyl sites for hydroxylation is 1. The first-order chi connectivity index (χ1) is 10.1. The highest BCUT2D eigenvalue weighted by molar-refractivity contribution is 7.10. The van der Waals surface area contributed by atoms with Crippen molar-refractivity contribution in [1.29, 1.82) is 0 Å². The van der Waals surface area contributed by atoms with Crippen LogP contribution in [0, 0.1) is 0 Å². The predicted octanol–water partition coefficient (Wildman–Crippen LogP) is 4.65. The van der Waals surface area contributed by atoms with Gasteiger partial charge in [0.15, 0.2) is 5.78 Å². The molecule has 0 radical (unpaired) electrons. The number of rotatable bonds is 4. The van der Waals surface area contributed by atoms with Gasteiger partial charge < -0.3 is 4.74 Å². The Morgan fingerprint density at radius 3 is 2.71 bits per heavy atom. The van der Waals surface area contributed by atoms with Crippen molar-refractivity contribution in [1.82, 2.24) is 0 Å². The molecule has 1 unspecified atom stereocenters. The molecule has 0 fully saturated rings. The van der Waals surface area contributed by atoms with Gasteiger partial charge in [0.1, 0.15) is 5.75 Å². The normalized spacial score (nSPS) is 17.6. The summed E-state index contributed by atoms with van der Waals surface area (Å²) in [5.74, 6) is 0.0150. The minimum atomic E-state index is -2.85. The van der Waals surface area contributed by atoms with Crippen LogP contribution in [-0.2, 0) is 6.42 Å². The van der Waals surface area contributed by atoms with Crippen molar-refractivity contribution in [3.63, 3.8) is 0 Å². The number of Topliss-reactive ketones (excluding diaryl/α,β-unsaturated/α-hetero) is 1. The molecule has 0 saturated carbocycles. The van der Waals surface area contributed by atoms with Gasteiger partial charge in [0, 0.05) is 16.4 Å². The Morgan fingerprint density at radius 2 is 2.00 bits per heavy atom. The number of halogens is 2. The third-order valence-electron chi connectivity index (χ3n) is 3.73. The van der Waals surface area contributed by atoms with Crippen LogP contribution in [0.1, 0.15) is 39.6 Å². The number of benzene rings is 1. The van der Waals surface area contributed by atoms with E-state index in [1.807, 2.05) is 11.4 Å². The monoisotopic (exact) mass is 308 g/mol. The Kier molecular flexibility index (Phi) is 4.01. The third-order valence-corrected chi connectivity index (χ3v) is 4.73. The molecule has 21 heavy (non-hydrogen) atoms. The summed E-state index contributed by atoms with van der Waals surface area (Å²) in [6.45, 7) is -2.85. The Labute approximate surface area is 125 Å². The van der Waals surface area contributed by atoms with Gasteiger partial charge in [-0.1, -0.05) is 0 Å². The van der Waals surface area contributed by atoms with Gasteiger partial charge in [0.2, 0.25) is 0 Å². The van der Waals surface area contributed by atoms with E-state index in [0.29, 0.717) is 5.56 Å². The van der Waals surface area contributed by atoms with Crippen LogP contribution in [0.15, 0.2) is 35.7 Å². The van der Waals surface area contributed by atoms with Gasteiger partial charge in [-0.25, -0.2) is 0 Å². The van der Waals surface area contributed by atoms with Gasteiger partial charge in [0.05, 0.1) is 0 Å². The summed E-state index contributed by atoms with van der Waals surface area (Å²) in [6.07, 6.45) is 2.90. The second-order valence-corrected chi connectivity index (χ2v) is 6.01. The summed E-state index contributed by atoms with van der Waals surface area (Å²) in [5.41, 5.74) is 1.67. The third kappa shape index (κ3) is 2.97. The molecule has 1 aromatic carbocycles. The van der Waals surface area contributed by atoms with Gasteiger partial charge in [-0.05, 0) is 60.5 Å². The van der Waals surface area contributed by atoms with Crippen molar-refractivity contribution in [3.05, 3.63) is 51.7 Å². The first-order valence-corrected chi connectivity index (χ1v) is 7.68. The lowest BCUT2D eigenvalue weighted by atomic mass is 9.82. The van der Waals surface area contributed by atoms with E-state index in [-0.39, 0.29) is 17.5 Å². The van der Waals surface area contributed by atoms with E-state index in [9.17, 15) is 13.6 Å². The number of ether oxygens (including phenoxy) is 1. The molecule has 0 bridgehead atoms. The number of ketones is 1. The zero-order valence-electron chi connectivity index (χ0n) is 11.2. The molecule has 110 valence electrons. The van der Waals surface area contributed by atoms with Crippen molar-refractivity contribution in [3.8, 4) is 5.75 Å². The molecule has 0 amide bonds. The molecule has 0 spiro atoms. The molecule has 0 saturated heterocycles. The second kappa shape index (κ2) is 5.93. The first kappa shape index (κ1) is 14.2. The van der Waals surface area contributed by atoms with Crippen LogP contribution in [0.25, 0.3) is 0 Å². The molecule has 2 aromatic rings. The smallest absolute Gasteiger partial charge is 0.387 e. The summed E-state index contributed by atoms with van der Waals surface area (Å²) in [5, 5.41) is 2.02. The summed E-state index contributed by atoms with van der Waals surface area (Å²) in [7, 11) is 0. The van der Waals surface area contributed by atoms with Gasteiger partial charge >= 0.3 is 6.61 Å². The number of alkyl halides is 2. The fraction of sp³-hybridized carbons (Fsp3) is 0.312. The topological polar surface area (TPSA) is 26.3 Å². The number of carbonyl (C=O) groups excluding carboxylic acids is 1. The van der Waals surface area contributed by atoms with E-state index in [1.165, 1.54) is 17.0 Å². The number of fused-ring (bicyclic) bond motifs is 1. The highest BCUT2D eigenvalue weighted by Crippen LogP contribution is 2.37. The lowest BCUT2D eigenvalue weighted by Gasteiger charge is -2.21. The van der Waals surface area contributed by atoms with Crippen molar-refractivity contribution in [2.75, 3.05) is 0 Å². The van der Waals surface area contributed by atoms with Gasteiger partial charge in [0.25, 0.3) is 0 Å². The number of carbonyl (C=O) groups is 1. The van der Waals surface area contributed by atoms with E-state index >= 15 is 0 Å². The molecule has 1 heterocycles. The summed E-state index contributed by atoms with van der Waals surface area (Å²) < 4.78 is 28.5. The predicted molar refractivity (Wildman–Crippen MR) is 77.4 cm³/mol. The van der Waals surface area contributed by atoms with Crippen LogP contribution in [0.5, 0.6) is 5.75 Å². The van der Waals surface area contributed by atoms with Crippen LogP contribution in [0.4, 0.5) is 8.78 Å². The Balaban J connectivity index is 1.80. The van der Waals surface area contributed by atoms with Crippen LogP contribution in [0.3, 0.4) is 0 Å². The maximum absolute atomic E-state index is 12.6. The van der Waals surface area contributed by atoms with Crippen LogP contribution < -0.4 is 4.74 Å². The second-order valence-electron chi connectivity index (χ2n) is 5.01. The molecule has 0 aliphatic heterocycles. The van der Waals surface area contributed by atoms with Crippen molar-refractivity contribution >= 4 is 17.1 Å². The Hall–Kier alpha value is -1.75. The highest BCUT2D eigenvalue weighted by Gasteiger charge is 2.28. The largest absolute Gasteiger partial charge is 0.435 e. The van der Waals surface area contributed by atoms with E-state index in [4.69, 9.17) is 0 Å². The van der Waals surface area contributed by atoms with E-state index < -0.39 is 6.61 Å². The fourth-order valence-electron chi connectivity index (χ4n) is 2.76. The standard InChI is InChI=1S/C16H14F2O2S/c17-16(18)20-11-6-4-10(5-7-11)15(19)13-2-1-3-14-12(13)8-9-21-14/h4-9,13,16H,1-3H2. The zero-order valence-corrected chi connectivity index (χ0v) is 12.0. The SMILES string of the molecule is O=C(c1ccc(OC(F)F)cc1)C1CCCc2sccc21. The van der Waals surface area contributed by atoms with Crippen molar-refractivity contribution in [2.24, 2.45) is 0 Å². The Bertz CT molecular complexity index is 634.